The number of hydrogen-bond acceptors (Lipinski definition) is 5. The van der Waals surface area contributed by atoms with Gasteiger partial charge >= 0.3 is 12.1 Å². The molecule has 0 saturated carbocycles. The maximum atomic E-state index is 11.4. The summed E-state index contributed by atoms with van der Waals surface area (Å²) in [5, 5.41) is 2.03. The van der Waals surface area contributed by atoms with Crippen LogP contribution in [0, 0.1) is 0 Å². The number of ether oxygens (including phenoxy) is 2. The van der Waals surface area contributed by atoms with Crippen molar-refractivity contribution < 1.29 is 23.9 Å². The summed E-state index contributed by atoms with van der Waals surface area (Å²) in [7, 11) is 0. The number of allylic oxidation sites excluding steroid dienone is 2. The Morgan fingerprint density at radius 2 is 1.80 bits per heavy atom. The molecule has 6 heteroatoms. The van der Waals surface area contributed by atoms with Gasteiger partial charge in [0.05, 0.1) is 6.61 Å². The molecule has 0 aromatic carbocycles. The van der Waals surface area contributed by atoms with Crippen LogP contribution in [0.4, 0.5) is 4.79 Å². The topological polar surface area (TPSA) is 81.7 Å². The highest BCUT2D eigenvalue weighted by atomic mass is 16.6. The van der Waals surface area contributed by atoms with Crippen LogP contribution in [0.1, 0.15) is 34.6 Å². The van der Waals surface area contributed by atoms with Gasteiger partial charge in [0, 0.05) is 11.6 Å². The number of hydrogen-bond donors (Lipinski definition) is 1. The molecule has 0 atom stereocenters. The summed E-state index contributed by atoms with van der Waals surface area (Å²) in [5.41, 5.74) is -0.317. The maximum absolute atomic E-state index is 11.4. The molecule has 0 aromatic heterocycles. The number of alkyl carbamates (subject to hydrolysis) is 1. The van der Waals surface area contributed by atoms with Crippen molar-refractivity contribution >= 4 is 18.0 Å². The Morgan fingerprint density at radius 1 is 1.20 bits per heavy atom. The van der Waals surface area contributed by atoms with Crippen LogP contribution in [-0.2, 0) is 19.1 Å². The van der Waals surface area contributed by atoms with Gasteiger partial charge in [-0.25, -0.2) is 9.59 Å². The first-order valence-electron chi connectivity index (χ1n) is 6.21. The van der Waals surface area contributed by atoms with Gasteiger partial charge in [-0.05, 0) is 34.6 Å². The zero-order valence-corrected chi connectivity index (χ0v) is 12.5. The molecule has 0 heterocycles. The van der Waals surface area contributed by atoms with E-state index in [2.05, 4.69) is 0 Å². The minimum Gasteiger partial charge on any atom is -0.463 e. The summed E-state index contributed by atoms with van der Waals surface area (Å²) in [6.45, 7) is 8.63. The highest BCUT2D eigenvalue weighted by Crippen LogP contribution is 2.06. The number of esters is 1. The predicted octanol–water partition coefficient (Wildman–Crippen LogP) is 2.10. The average molecular weight is 283 g/mol. The predicted molar refractivity (Wildman–Crippen MR) is 73.9 cm³/mol. The normalized spacial score (nSPS) is 12.2. The quantitative estimate of drug-likeness (QED) is 0.485. The summed E-state index contributed by atoms with van der Waals surface area (Å²) in [4.78, 5) is 33.9. The van der Waals surface area contributed by atoms with Crippen molar-refractivity contribution in [3.05, 3.63) is 23.8 Å². The average Bonchev–Trinajstić information content (AvgIpc) is 2.26. The molecule has 0 aliphatic rings. The molecular formula is C14H21NO5. The second-order valence-corrected chi connectivity index (χ2v) is 4.92. The molecule has 6 nitrogen and oxygen atoms in total. The lowest BCUT2D eigenvalue weighted by atomic mass is 10.2. The van der Waals surface area contributed by atoms with E-state index < -0.39 is 23.6 Å². The molecule has 1 N–H and O–H groups in total. The van der Waals surface area contributed by atoms with Gasteiger partial charge in [-0.2, -0.15) is 0 Å². The lowest BCUT2D eigenvalue weighted by Gasteiger charge is -2.18. The molecule has 0 aromatic rings. The van der Waals surface area contributed by atoms with E-state index in [1.54, 1.807) is 34.6 Å². The SMILES string of the molecule is CCOC(=O)/C(C)=C/C=C\C(=O)NC(=O)OC(C)(C)C. The molecule has 20 heavy (non-hydrogen) atoms. The Hall–Kier alpha value is -2.11. The van der Waals surface area contributed by atoms with Crippen LogP contribution in [-0.4, -0.2) is 30.2 Å². The van der Waals surface area contributed by atoms with Crippen molar-refractivity contribution in [3.8, 4) is 0 Å². The minimum absolute atomic E-state index is 0.285. The Morgan fingerprint density at radius 3 is 2.30 bits per heavy atom. The molecule has 0 aliphatic heterocycles. The third-order valence-corrected chi connectivity index (χ3v) is 1.82. The summed E-state index contributed by atoms with van der Waals surface area (Å²) >= 11 is 0. The smallest absolute Gasteiger partial charge is 0.414 e. The van der Waals surface area contributed by atoms with Crippen molar-refractivity contribution in [3.63, 3.8) is 0 Å². The van der Waals surface area contributed by atoms with Crippen LogP contribution in [0.15, 0.2) is 23.8 Å². The van der Waals surface area contributed by atoms with E-state index in [9.17, 15) is 14.4 Å². The lowest BCUT2D eigenvalue weighted by Crippen LogP contribution is -2.35. The first-order chi connectivity index (χ1) is 9.15. The molecule has 0 rings (SSSR count). The Labute approximate surface area is 118 Å². The largest absolute Gasteiger partial charge is 0.463 e. The lowest BCUT2D eigenvalue weighted by molar-refractivity contribution is -0.138. The van der Waals surface area contributed by atoms with E-state index in [1.165, 1.54) is 12.2 Å². The molecule has 0 spiro atoms. The summed E-state index contributed by atoms with van der Waals surface area (Å²) in [6.07, 6.45) is 3.07. The van der Waals surface area contributed by atoms with Crippen molar-refractivity contribution in [2.45, 2.75) is 40.2 Å². The van der Waals surface area contributed by atoms with Crippen LogP contribution < -0.4 is 5.32 Å². The zero-order valence-electron chi connectivity index (χ0n) is 12.5. The van der Waals surface area contributed by atoms with Crippen LogP contribution in [0.2, 0.25) is 0 Å². The number of nitrogens with one attached hydrogen (secondary N) is 1. The van der Waals surface area contributed by atoms with Crippen molar-refractivity contribution in [2.75, 3.05) is 6.61 Å². The van der Waals surface area contributed by atoms with Crippen molar-refractivity contribution in [1.82, 2.24) is 5.32 Å². The number of imide groups is 1. The molecule has 0 saturated heterocycles. The van der Waals surface area contributed by atoms with Crippen LogP contribution in [0.3, 0.4) is 0 Å². The fourth-order valence-electron chi connectivity index (χ4n) is 1.04. The minimum atomic E-state index is -0.821. The number of carbonyl (C=O) groups excluding carboxylic acids is 3. The van der Waals surface area contributed by atoms with Crippen LogP contribution in [0.5, 0.6) is 0 Å². The Bertz CT molecular complexity index is 429. The first kappa shape index (κ1) is 17.9. The molecule has 0 aliphatic carbocycles. The van der Waals surface area contributed by atoms with E-state index in [0.29, 0.717) is 5.57 Å². The number of carbonyl (C=O) groups is 3. The highest BCUT2D eigenvalue weighted by molar-refractivity contribution is 5.98. The monoisotopic (exact) mass is 283 g/mol. The zero-order chi connectivity index (χ0) is 15.8. The second kappa shape index (κ2) is 8.14. The van der Waals surface area contributed by atoms with Gasteiger partial charge in [-0.3, -0.25) is 10.1 Å². The number of amides is 2. The molecule has 112 valence electrons. The van der Waals surface area contributed by atoms with Crippen molar-refractivity contribution in [2.24, 2.45) is 0 Å². The first-order valence-corrected chi connectivity index (χ1v) is 6.21. The molecule has 2 amide bonds. The van der Waals surface area contributed by atoms with Crippen LogP contribution >= 0.6 is 0 Å². The van der Waals surface area contributed by atoms with E-state index in [4.69, 9.17) is 9.47 Å². The van der Waals surface area contributed by atoms with Gasteiger partial charge in [-0.1, -0.05) is 12.2 Å². The van der Waals surface area contributed by atoms with E-state index in [-0.39, 0.29) is 6.61 Å². The third-order valence-electron chi connectivity index (χ3n) is 1.82. The Balaban J connectivity index is 4.34. The summed E-state index contributed by atoms with van der Waals surface area (Å²) in [5.74, 6) is -1.09. The Kier molecular flexibility index (Phi) is 7.28. The third kappa shape index (κ3) is 8.91. The van der Waals surface area contributed by atoms with E-state index >= 15 is 0 Å². The molecular weight excluding hydrogens is 262 g/mol. The molecule has 0 unspecified atom stereocenters. The van der Waals surface area contributed by atoms with E-state index in [1.807, 2.05) is 5.32 Å². The van der Waals surface area contributed by atoms with Gasteiger partial charge in [0.1, 0.15) is 5.60 Å². The number of rotatable bonds is 4. The fourth-order valence-corrected chi connectivity index (χ4v) is 1.04. The summed E-state index contributed by atoms with van der Waals surface area (Å²) < 4.78 is 9.68. The second-order valence-electron chi connectivity index (χ2n) is 4.92. The van der Waals surface area contributed by atoms with Gasteiger partial charge < -0.3 is 9.47 Å². The molecule has 0 bridgehead atoms. The van der Waals surface area contributed by atoms with Crippen LogP contribution in [0.25, 0.3) is 0 Å². The fraction of sp³-hybridized carbons (Fsp3) is 0.500. The van der Waals surface area contributed by atoms with Gasteiger partial charge in [-0.15, -0.1) is 0 Å². The summed E-state index contributed by atoms with van der Waals surface area (Å²) in [6, 6.07) is 0. The highest BCUT2D eigenvalue weighted by Gasteiger charge is 2.17. The maximum Gasteiger partial charge on any atom is 0.414 e. The molecule has 0 fully saturated rings. The van der Waals surface area contributed by atoms with Gasteiger partial charge in [0.2, 0.25) is 0 Å². The standard InChI is InChI=1S/C14H21NO5/c1-6-19-12(17)10(2)8-7-9-11(16)15-13(18)20-14(3,4)5/h7-9H,6H2,1-5H3,(H,15,16,18)/b9-7-,10-8+. The van der Waals surface area contributed by atoms with Crippen molar-refractivity contribution in [1.29, 1.82) is 0 Å². The van der Waals surface area contributed by atoms with Gasteiger partial charge in [0.15, 0.2) is 0 Å². The van der Waals surface area contributed by atoms with E-state index in [0.717, 1.165) is 6.08 Å². The van der Waals surface area contributed by atoms with Gasteiger partial charge in [0.25, 0.3) is 5.91 Å². The molecule has 0 radical (unpaired) electrons.